The fourth-order valence-electron chi connectivity index (χ4n) is 1.61. The van der Waals surface area contributed by atoms with Crippen molar-refractivity contribution < 1.29 is 9.50 Å². The standard InChI is InChI=1S/C11H14FNO/c1-7(12)9-6-8(2-3-10(9)14)11(13)4-5-11/h2-3,6-7,14H,4-5,13H2,1H3. The number of phenolic OH excluding ortho intramolecular Hbond substituents is 1. The van der Waals surface area contributed by atoms with E-state index in [1.165, 1.54) is 13.0 Å². The molecule has 1 aliphatic carbocycles. The number of aromatic hydroxyl groups is 1. The molecule has 3 N–H and O–H groups in total. The van der Waals surface area contributed by atoms with Gasteiger partial charge in [-0.3, -0.25) is 0 Å². The molecule has 2 rings (SSSR count). The molecular formula is C11H14FNO. The zero-order chi connectivity index (χ0) is 10.3. The number of nitrogens with two attached hydrogens (primary N) is 1. The highest BCUT2D eigenvalue weighted by Crippen LogP contribution is 2.44. The lowest BCUT2D eigenvalue weighted by Crippen LogP contribution is -2.18. The summed E-state index contributed by atoms with van der Waals surface area (Å²) < 4.78 is 13.1. The van der Waals surface area contributed by atoms with E-state index in [9.17, 15) is 9.50 Å². The van der Waals surface area contributed by atoms with Crippen molar-refractivity contribution in [2.75, 3.05) is 0 Å². The maximum Gasteiger partial charge on any atom is 0.126 e. The third-order valence-corrected chi connectivity index (χ3v) is 2.82. The van der Waals surface area contributed by atoms with Gasteiger partial charge in [0.05, 0.1) is 0 Å². The molecular weight excluding hydrogens is 181 g/mol. The predicted octanol–water partition coefficient (Wildman–Crippen LogP) is 2.37. The highest BCUT2D eigenvalue weighted by atomic mass is 19.1. The van der Waals surface area contributed by atoms with Gasteiger partial charge in [0, 0.05) is 11.1 Å². The monoisotopic (exact) mass is 195 g/mol. The summed E-state index contributed by atoms with van der Waals surface area (Å²) in [5.41, 5.74) is 6.97. The zero-order valence-electron chi connectivity index (χ0n) is 8.13. The molecule has 0 radical (unpaired) electrons. The van der Waals surface area contributed by atoms with E-state index in [0.717, 1.165) is 18.4 Å². The topological polar surface area (TPSA) is 46.2 Å². The molecule has 0 amide bonds. The maximum atomic E-state index is 13.1. The van der Waals surface area contributed by atoms with Crippen LogP contribution in [0.15, 0.2) is 18.2 Å². The second kappa shape index (κ2) is 2.95. The van der Waals surface area contributed by atoms with Crippen molar-refractivity contribution in [3.8, 4) is 5.75 Å². The van der Waals surface area contributed by atoms with Crippen LogP contribution in [0.1, 0.15) is 37.1 Å². The number of halogens is 1. The van der Waals surface area contributed by atoms with Crippen LogP contribution in [0.4, 0.5) is 4.39 Å². The van der Waals surface area contributed by atoms with E-state index in [0.29, 0.717) is 5.56 Å². The second-order valence-corrected chi connectivity index (χ2v) is 4.05. The molecule has 76 valence electrons. The number of hydrogen-bond acceptors (Lipinski definition) is 2. The van der Waals surface area contributed by atoms with Gasteiger partial charge in [0.25, 0.3) is 0 Å². The van der Waals surface area contributed by atoms with Gasteiger partial charge in [0.2, 0.25) is 0 Å². The molecule has 1 atom stereocenters. The molecule has 14 heavy (non-hydrogen) atoms. The van der Waals surface area contributed by atoms with Crippen LogP contribution in [0, 0.1) is 0 Å². The van der Waals surface area contributed by atoms with Gasteiger partial charge in [-0.15, -0.1) is 0 Å². The van der Waals surface area contributed by atoms with Crippen molar-refractivity contribution in [1.29, 1.82) is 0 Å². The molecule has 3 heteroatoms. The lowest BCUT2D eigenvalue weighted by Gasteiger charge is -2.12. The summed E-state index contributed by atoms with van der Waals surface area (Å²) in [5, 5.41) is 9.41. The Morgan fingerprint density at radius 2 is 2.14 bits per heavy atom. The number of alkyl halides is 1. The van der Waals surface area contributed by atoms with E-state index >= 15 is 0 Å². The molecule has 1 aromatic carbocycles. The summed E-state index contributed by atoms with van der Waals surface area (Å²) in [5.74, 6) is 0.00741. The first kappa shape index (κ1) is 9.46. The van der Waals surface area contributed by atoms with Crippen LogP contribution in [0.25, 0.3) is 0 Å². The second-order valence-electron chi connectivity index (χ2n) is 4.05. The van der Waals surface area contributed by atoms with Gasteiger partial charge in [-0.2, -0.15) is 0 Å². The van der Waals surface area contributed by atoms with Gasteiger partial charge >= 0.3 is 0 Å². The lowest BCUT2D eigenvalue weighted by molar-refractivity contribution is 0.356. The molecule has 0 aromatic heterocycles. The minimum atomic E-state index is -1.16. The minimum Gasteiger partial charge on any atom is -0.508 e. The van der Waals surface area contributed by atoms with E-state index in [1.54, 1.807) is 12.1 Å². The summed E-state index contributed by atoms with van der Waals surface area (Å²) in [4.78, 5) is 0. The van der Waals surface area contributed by atoms with Crippen LogP contribution < -0.4 is 5.73 Å². The van der Waals surface area contributed by atoms with Crippen molar-refractivity contribution in [2.24, 2.45) is 5.73 Å². The smallest absolute Gasteiger partial charge is 0.126 e. The van der Waals surface area contributed by atoms with Gasteiger partial charge in [-0.25, -0.2) is 4.39 Å². The first-order chi connectivity index (χ1) is 6.53. The Balaban J connectivity index is 2.41. The molecule has 1 unspecified atom stereocenters. The van der Waals surface area contributed by atoms with Crippen LogP contribution in [0.2, 0.25) is 0 Å². The molecule has 2 nitrogen and oxygen atoms in total. The molecule has 0 saturated heterocycles. The number of phenols is 1. The third kappa shape index (κ3) is 1.48. The van der Waals surface area contributed by atoms with Gasteiger partial charge in [0.15, 0.2) is 0 Å². The first-order valence-corrected chi connectivity index (χ1v) is 4.79. The van der Waals surface area contributed by atoms with E-state index in [-0.39, 0.29) is 11.3 Å². The normalized spacial score (nSPS) is 20.5. The SMILES string of the molecule is CC(F)c1cc(C2(N)CC2)ccc1O. The lowest BCUT2D eigenvalue weighted by atomic mass is 10.0. The van der Waals surface area contributed by atoms with E-state index < -0.39 is 6.17 Å². The summed E-state index contributed by atoms with van der Waals surface area (Å²) >= 11 is 0. The van der Waals surface area contributed by atoms with Crippen LogP contribution >= 0.6 is 0 Å². The van der Waals surface area contributed by atoms with Crippen molar-refractivity contribution in [3.63, 3.8) is 0 Å². The zero-order valence-corrected chi connectivity index (χ0v) is 8.13. The Bertz CT molecular complexity index is 358. The molecule has 1 aromatic rings. The van der Waals surface area contributed by atoms with Crippen LogP contribution in [0.3, 0.4) is 0 Å². The van der Waals surface area contributed by atoms with Crippen molar-refractivity contribution in [3.05, 3.63) is 29.3 Å². The van der Waals surface area contributed by atoms with Crippen molar-refractivity contribution in [1.82, 2.24) is 0 Å². The Hall–Kier alpha value is -1.09. The van der Waals surface area contributed by atoms with Crippen molar-refractivity contribution >= 4 is 0 Å². The number of benzene rings is 1. The third-order valence-electron chi connectivity index (χ3n) is 2.82. The summed E-state index contributed by atoms with van der Waals surface area (Å²) in [6, 6.07) is 4.97. The Morgan fingerprint density at radius 3 is 2.64 bits per heavy atom. The predicted molar refractivity (Wildman–Crippen MR) is 52.7 cm³/mol. The largest absolute Gasteiger partial charge is 0.508 e. The van der Waals surface area contributed by atoms with Gasteiger partial charge < -0.3 is 10.8 Å². The average Bonchev–Trinajstić information content (AvgIpc) is 2.85. The van der Waals surface area contributed by atoms with Gasteiger partial charge in [-0.05, 0) is 37.5 Å². The summed E-state index contributed by atoms with van der Waals surface area (Å²) in [7, 11) is 0. The molecule has 0 bridgehead atoms. The molecule has 1 aliphatic rings. The average molecular weight is 195 g/mol. The van der Waals surface area contributed by atoms with Crippen LogP contribution in [0.5, 0.6) is 5.75 Å². The van der Waals surface area contributed by atoms with Crippen LogP contribution in [-0.4, -0.2) is 5.11 Å². The molecule has 1 fully saturated rings. The number of hydrogen-bond donors (Lipinski definition) is 2. The molecule has 0 heterocycles. The molecule has 0 aliphatic heterocycles. The van der Waals surface area contributed by atoms with Gasteiger partial charge in [-0.1, -0.05) is 6.07 Å². The van der Waals surface area contributed by atoms with Crippen LogP contribution in [-0.2, 0) is 5.54 Å². The molecule has 0 spiro atoms. The summed E-state index contributed by atoms with van der Waals surface area (Å²) in [6.45, 7) is 1.41. The highest BCUT2D eigenvalue weighted by molar-refractivity contribution is 5.41. The first-order valence-electron chi connectivity index (χ1n) is 4.79. The van der Waals surface area contributed by atoms with E-state index in [2.05, 4.69) is 0 Å². The molecule has 1 saturated carbocycles. The maximum absolute atomic E-state index is 13.1. The Morgan fingerprint density at radius 1 is 1.50 bits per heavy atom. The highest BCUT2D eigenvalue weighted by Gasteiger charge is 2.40. The van der Waals surface area contributed by atoms with E-state index in [4.69, 9.17) is 5.73 Å². The minimum absolute atomic E-state index is 0.00741. The summed E-state index contributed by atoms with van der Waals surface area (Å²) in [6.07, 6.45) is 0.729. The number of rotatable bonds is 2. The quantitative estimate of drug-likeness (QED) is 0.761. The fourth-order valence-corrected chi connectivity index (χ4v) is 1.61. The Labute approximate surface area is 82.5 Å². The van der Waals surface area contributed by atoms with E-state index in [1.807, 2.05) is 0 Å². The van der Waals surface area contributed by atoms with Gasteiger partial charge in [0.1, 0.15) is 11.9 Å². The Kier molecular flexibility index (Phi) is 2.00. The van der Waals surface area contributed by atoms with Crippen molar-refractivity contribution in [2.45, 2.75) is 31.5 Å². The fraction of sp³-hybridized carbons (Fsp3) is 0.455.